The molecule has 9 heteroatoms. The predicted molar refractivity (Wildman–Crippen MR) is 110 cm³/mol. The first-order valence-corrected chi connectivity index (χ1v) is 9.53. The number of hydrogen-bond donors (Lipinski definition) is 2. The molecule has 0 unspecified atom stereocenters. The van der Waals surface area contributed by atoms with Gasteiger partial charge in [0.25, 0.3) is 5.56 Å². The summed E-state index contributed by atoms with van der Waals surface area (Å²) in [7, 11) is 0. The highest BCUT2D eigenvalue weighted by Gasteiger charge is 2.21. The summed E-state index contributed by atoms with van der Waals surface area (Å²) in [5.74, 6) is -0.269. The highest BCUT2D eigenvalue weighted by molar-refractivity contribution is 5.90. The van der Waals surface area contributed by atoms with Crippen molar-refractivity contribution in [3.05, 3.63) is 74.9 Å². The lowest BCUT2D eigenvalue weighted by molar-refractivity contribution is -0.116. The number of nitrogens with one attached hydrogen (secondary N) is 2. The molecule has 30 heavy (non-hydrogen) atoms. The minimum absolute atomic E-state index is 0.0542. The van der Waals surface area contributed by atoms with Crippen LogP contribution in [-0.2, 0) is 22.6 Å². The van der Waals surface area contributed by atoms with Crippen molar-refractivity contribution >= 4 is 28.6 Å². The Morgan fingerprint density at radius 3 is 2.73 bits per heavy atom. The van der Waals surface area contributed by atoms with E-state index in [9.17, 15) is 19.2 Å². The average Bonchev–Trinajstić information content (AvgIpc) is 3.12. The Hall–Kier alpha value is -3.88. The first-order chi connectivity index (χ1) is 14.5. The molecule has 9 nitrogen and oxygen atoms in total. The van der Waals surface area contributed by atoms with Gasteiger partial charge < -0.3 is 15.0 Å². The van der Waals surface area contributed by atoms with E-state index < -0.39 is 11.2 Å². The van der Waals surface area contributed by atoms with E-state index in [1.54, 1.807) is 47.4 Å². The van der Waals surface area contributed by atoms with Crippen LogP contribution in [-0.4, -0.2) is 39.6 Å². The molecule has 0 bridgehead atoms. The van der Waals surface area contributed by atoms with Crippen molar-refractivity contribution in [2.75, 3.05) is 18.5 Å². The number of para-hydroxylation sites is 1. The number of fused-ring (bicyclic) bond motifs is 1. The molecule has 154 valence electrons. The summed E-state index contributed by atoms with van der Waals surface area (Å²) in [6.07, 6.45) is -0.290. The van der Waals surface area contributed by atoms with Gasteiger partial charge in [0.05, 0.1) is 17.4 Å². The molecule has 0 saturated carbocycles. The minimum Gasteiger partial charge on any atom is -0.448 e. The first kappa shape index (κ1) is 19.4. The summed E-state index contributed by atoms with van der Waals surface area (Å²) < 4.78 is 6.30. The highest BCUT2D eigenvalue weighted by Crippen LogP contribution is 2.15. The number of aryl methyl sites for hydroxylation is 1. The van der Waals surface area contributed by atoms with Crippen LogP contribution in [0, 0.1) is 0 Å². The molecule has 0 spiro atoms. The molecule has 0 radical (unpaired) electrons. The number of amides is 2. The van der Waals surface area contributed by atoms with E-state index >= 15 is 0 Å². The number of carbonyl (C=O) groups excluding carboxylic acids is 2. The number of cyclic esters (lactones) is 1. The van der Waals surface area contributed by atoms with E-state index in [1.165, 1.54) is 4.57 Å². The summed E-state index contributed by atoms with van der Waals surface area (Å²) in [5, 5.41) is 3.20. The van der Waals surface area contributed by atoms with Gasteiger partial charge in [-0.25, -0.2) is 9.59 Å². The van der Waals surface area contributed by atoms with Gasteiger partial charge in [-0.2, -0.15) is 0 Å². The second-order valence-corrected chi connectivity index (χ2v) is 6.96. The van der Waals surface area contributed by atoms with Gasteiger partial charge in [0.2, 0.25) is 5.91 Å². The maximum Gasteiger partial charge on any atom is 0.410 e. The van der Waals surface area contributed by atoms with Gasteiger partial charge >= 0.3 is 11.8 Å². The molecule has 0 aliphatic carbocycles. The number of nitrogens with zero attached hydrogens (tertiary/aromatic N) is 2. The Bertz CT molecular complexity index is 1230. The normalized spacial score (nSPS) is 13.5. The number of aromatic amines is 1. The molecule has 1 aliphatic rings. The van der Waals surface area contributed by atoms with Crippen LogP contribution >= 0.6 is 0 Å². The zero-order chi connectivity index (χ0) is 21.1. The van der Waals surface area contributed by atoms with E-state index in [1.807, 2.05) is 6.07 Å². The predicted octanol–water partition coefficient (Wildman–Crippen LogP) is 1.67. The second kappa shape index (κ2) is 8.24. The lowest BCUT2D eigenvalue weighted by atomic mass is 10.2. The number of rotatable bonds is 6. The molecule has 2 N–H and O–H groups in total. The third-order valence-electron chi connectivity index (χ3n) is 4.90. The van der Waals surface area contributed by atoms with Gasteiger partial charge in [0.15, 0.2) is 0 Å². The summed E-state index contributed by atoms with van der Waals surface area (Å²) in [5.41, 5.74) is 0.956. The molecule has 1 fully saturated rings. The molecule has 0 atom stereocenters. The lowest BCUT2D eigenvalue weighted by Gasteiger charge is -2.14. The molecule has 1 saturated heterocycles. The van der Waals surface area contributed by atoms with E-state index in [-0.39, 0.29) is 25.0 Å². The third-order valence-corrected chi connectivity index (χ3v) is 4.90. The second-order valence-electron chi connectivity index (χ2n) is 6.96. The molecule has 3 aromatic rings. The van der Waals surface area contributed by atoms with Crippen LogP contribution in [0.4, 0.5) is 10.5 Å². The number of carbonyl (C=O) groups is 2. The van der Waals surface area contributed by atoms with Crippen molar-refractivity contribution in [3.63, 3.8) is 0 Å². The van der Waals surface area contributed by atoms with Crippen LogP contribution in [0.1, 0.15) is 12.0 Å². The zero-order valence-corrected chi connectivity index (χ0v) is 16.1. The lowest BCUT2D eigenvalue weighted by Crippen LogP contribution is -2.31. The van der Waals surface area contributed by atoms with Gasteiger partial charge in [-0.3, -0.25) is 19.1 Å². The Labute approximate surface area is 170 Å². The number of hydrogen-bond acceptors (Lipinski definition) is 5. The minimum atomic E-state index is -0.550. The molecule has 1 aromatic heterocycles. The summed E-state index contributed by atoms with van der Waals surface area (Å²) in [4.78, 5) is 52.0. The molecule has 1 aliphatic heterocycles. The smallest absolute Gasteiger partial charge is 0.410 e. The van der Waals surface area contributed by atoms with Crippen molar-refractivity contribution in [1.29, 1.82) is 0 Å². The average molecular weight is 408 g/mol. The van der Waals surface area contributed by atoms with E-state index in [0.717, 1.165) is 5.56 Å². The van der Waals surface area contributed by atoms with Gasteiger partial charge in [0.1, 0.15) is 6.61 Å². The van der Waals surface area contributed by atoms with E-state index in [4.69, 9.17) is 4.74 Å². The molecular weight excluding hydrogens is 388 g/mol. The Kier molecular flexibility index (Phi) is 5.34. The summed E-state index contributed by atoms with van der Waals surface area (Å²) in [6.45, 7) is 1.45. The maximum absolute atomic E-state index is 12.4. The van der Waals surface area contributed by atoms with Crippen molar-refractivity contribution in [2.24, 2.45) is 0 Å². The van der Waals surface area contributed by atoms with Crippen molar-refractivity contribution in [3.8, 4) is 0 Å². The van der Waals surface area contributed by atoms with Crippen molar-refractivity contribution in [1.82, 2.24) is 14.5 Å². The number of ether oxygens (including phenoxy) is 1. The third kappa shape index (κ3) is 4.09. The fourth-order valence-electron chi connectivity index (χ4n) is 3.44. The Morgan fingerprint density at radius 1 is 1.10 bits per heavy atom. The van der Waals surface area contributed by atoms with Crippen LogP contribution in [0.15, 0.2) is 58.1 Å². The SMILES string of the molecule is O=C(CCn1c(=O)[nH]c(=O)c2ccccc21)Nc1cccc(CN2CCOC2=O)c1. The summed E-state index contributed by atoms with van der Waals surface area (Å²) >= 11 is 0. The molecule has 2 heterocycles. The maximum atomic E-state index is 12.4. The quantitative estimate of drug-likeness (QED) is 0.644. The topological polar surface area (TPSA) is 114 Å². The van der Waals surface area contributed by atoms with Crippen LogP contribution in [0.2, 0.25) is 0 Å². The van der Waals surface area contributed by atoms with Crippen LogP contribution in [0.5, 0.6) is 0 Å². The van der Waals surface area contributed by atoms with Gasteiger partial charge in [0, 0.05) is 25.2 Å². The van der Waals surface area contributed by atoms with E-state index in [0.29, 0.717) is 36.3 Å². The Morgan fingerprint density at radius 2 is 1.93 bits per heavy atom. The molecule has 2 aromatic carbocycles. The molecule has 2 amide bonds. The zero-order valence-electron chi connectivity index (χ0n) is 16.1. The van der Waals surface area contributed by atoms with Crippen molar-refractivity contribution < 1.29 is 14.3 Å². The number of aromatic nitrogens is 2. The summed E-state index contributed by atoms with van der Waals surface area (Å²) in [6, 6.07) is 14.0. The number of anilines is 1. The van der Waals surface area contributed by atoms with E-state index in [2.05, 4.69) is 10.3 Å². The first-order valence-electron chi connectivity index (χ1n) is 9.53. The van der Waals surface area contributed by atoms with Gasteiger partial charge in [-0.15, -0.1) is 0 Å². The molecular formula is C21H20N4O5. The van der Waals surface area contributed by atoms with Gasteiger partial charge in [-0.05, 0) is 29.8 Å². The largest absolute Gasteiger partial charge is 0.448 e. The highest BCUT2D eigenvalue weighted by atomic mass is 16.6. The van der Waals surface area contributed by atoms with Crippen LogP contribution < -0.4 is 16.6 Å². The Balaban J connectivity index is 1.43. The van der Waals surface area contributed by atoms with Crippen LogP contribution in [0.25, 0.3) is 10.9 Å². The number of H-pyrrole nitrogens is 1. The number of benzene rings is 2. The fourth-order valence-corrected chi connectivity index (χ4v) is 3.44. The fraction of sp³-hybridized carbons (Fsp3) is 0.238. The van der Waals surface area contributed by atoms with Gasteiger partial charge in [-0.1, -0.05) is 24.3 Å². The van der Waals surface area contributed by atoms with Crippen LogP contribution in [0.3, 0.4) is 0 Å². The molecule has 4 rings (SSSR count). The standard InChI is InChI=1S/C21H20N4O5/c26-18(8-9-25-17-7-2-1-6-16(17)19(27)23-20(25)28)22-15-5-3-4-14(12-15)13-24-10-11-30-21(24)29/h1-7,12H,8-11,13H2,(H,22,26)(H,23,27,28). The monoisotopic (exact) mass is 408 g/mol. The van der Waals surface area contributed by atoms with Crippen molar-refractivity contribution in [2.45, 2.75) is 19.5 Å².